The molecule has 0 saturated heterocycles. The molecule has 0 aliphatic rings. The zero-order valence-corrected chi connectivity index (χ0v) is 12.7. The van der Waals surface area contributed by atoms with E-state index in [-0.39, 0.29) is 0 Å². The van der Waals surface area contributed by atoms with E-state index in [4.69, 9.17) is 0 Å². The van der Waals surface area contributed by atoms with Crippen molar-refractivity contribution in [2.24, 2.45) is 0 Å². The number of pyridine rings is 1. The van der Waals surface area contributed by atoms with Crippen LogP contribution in [0.25, 0.3) is 17.2 Å². The third kappa shape index (κ3) is 2.98. The van der Waals surface area contributed by atoms with Crippen LogP contribution >= 0.6 is 0 Å². The van der Waals surface area contributed by atoms with Gasteiger partial charge in [-0.05, 0) is 59.7 Å². The van der Waals surface area contributed by atoms with Crippen LogP contribution < -0.4 is 0 Å². The molecular weight excluding hydrogens is 242 g/mol. The standard InChI is InChI=1S/C19H23N/c1-5-8-19-14(4)9-17(11-16(19)7-3)18-10-15(6-2)12-20-13-18/h7,9-13H,3,5-6,8H2,1-2,4H3. The Bertz CT molecular complexity index is 611. The first-order valence-corrected chi connectivity index (χ1v) is 7.39. The van der Waals surface area contributed by atoms with E-state index in [2.05, 4.69) is 50.5 Å². The molecule has 104 valence electrons. The fourth-order valence-electron chi connectivity index (χ4n) is 2.62. The van der Waals surface area contributed by atoms with Gasteiger partial charge in [-0.25, -0.2) is 0 Å². The first-order chi connectivity index (χ1) is 9.69. The Balaban J connectivity index is 2.52. The van der Waals surface area contributed by atoms with E-state index in [0.29, 0.717) is 0 Å². The summed E-state index contributed by atoms with van der Waals surface area (Å²) in [5.74, 6) is 0. The van der Waals surface area contributed by atoms with Crippen molar-refractivity contribution in [1.82, 2.24) is 4.98 Å². The molecule has 1 aromatic carbocycles. The SMILES string of the molecule is C=Cc1cc(-c2cncc(CC)c2)cc(C)c1CCC. The van der Waals surface area contributed by atoms with Gasteiger partial charge in [-0.2, -0.15) is 0 Å². The lowest BCUT2D eigenvalue weighted by atomic mass is 9.92. The average Bonchev–Trinajstić information content (AvgIpc) is 2.49. The normalized spacial score (nSPS) is 10.6. The Hall–Kier alpha value is -1.89. The molecule has 0 spiro atoms. The highest BCUT2D eigenvalue weighted by Gasteiger charge is 2.07. The van der Waals surface area contributed by atoms with Crippen LogP contribution in [-0.4, -0.2) is 4.98 Å². The maximum Gasteiger partial charge on any atom is 0.0346 e. The molecule has 0 fully saturated rings. The van der Waals surface area contributed by atoms with Crippen LogP contribution in [0.2, 0.25) is 0 Å². The van der Waals surface area contributed by atoms with Gasteiger partial charge >= 0.3 is 0 Å². The monoisotopic (exact) mass is 265 g/mol. The number of nitrogens with zero attached hydrogens (tertiary/aromatic N) is 1. The summed E-state index contributed by atoms with van der Waals surface area (Å²) in [6, 6.07) is 6.74. The minimum atomic E-state index is 1.02. The maximum atomic E-state index is 4.35. The number of hydrogen-bond acceptors (Lipinski definition) is 1. The molecular formula is C19H23N. The minimum Gasteiger partial charge on any atom is -0.264 e. The van der Waals surface area contributed by atoms with Crippen LogP contribution in [-0.2, 0) is 12.8 Å². The molecule has 0 amide bonds. The van der Waals surface area contributed by atoms with Gasteiger partial charge in [-0.1, -0.05) is 39.0 Å². The number of hydrogen-bond donors (Lipinski definition) is 0. The second-order valence-electron chi connectivity index (χ2n) is 5.25. The lowest BCUT2D eigenvalue weighted by Gasteiger charge is -2.13. The predicted molar refractivity (Wildman–Crippen MR) is 87.9 cm³/mol. The molecule has 0 unspecified atom stereocenters. The quantitative estimate of drug-likeness (QED) is 0.722. The molecule has 0 aliphatic carbocycles. The van der Waals surface area contributed by atoms with Crippen molar-refractivity contribution in [3.63, 3.8) is 0 Å². The summed E-state index contributed by atoms with van der Waals surface area (Å²) in [5, 5.41) is 0. The summed E-state index contributed by atoms with van der Waals surface area (Å²) in [6.07, 6.45) is 9.14. The minimum absolute atomic E-state index is 1.02. The number of rotatable bonds is 5. The zero-order chi connectivity index (χ0) is 14.5. The number of aromatic nitrogens is 1. The first-order valence-electron chi connectivity index (χ1n) is 7.39. The summed E-state index contributed by atoms with van der Waals surface area (Å²) in [4.78, 5) is 4.35. The van der Waals surface area contributed by atoms with Crippen molar-refractivity contribution >= 4 is 6.08 Å². The smallest absolute Gasteiger partial charge is 0.0346 e. The predicted octanol–water partition coefficient (Wildman–Crippen LogP) is 5.21. The molecule has 0 radical (unpaired) electrons. The fraction of sp³-hybridized carbons (Fsp3) is 0.316. The molecule has 1 nitrogen and oxygen atoms in total. The van der Waals surface area contributed by atoms with E-state index in [1.807, 2.05) is 18.5 Å². The van der Waals surface area contributed by atoms with Gasteiger partial charge in [0.15, 0.2) is 0 Å². The van der Waals surface area contributed by atoms with Gasteiger partial charge in [0.05, 0.1) is 0 Å². The van der Waals surface area contributed by atoms with Gasteiger partial charge < -0.3 is 0 Å². The van der Waals surface area contributed by atoms with E-state index < -0.39 is 0 Å². The van der Waals surface area contributed by atoms with Gasteiger partial charge in [-0.15, -0.1) is 0 Å². The number of aryl methyl sites for hydroxylation is 2. The van der Waals surface area contributed by atoms with Crippen LogP contribution in [0.1, 0.15) is 42.5 Å². The number of benzene rings is 1. The second kappa shape index (κ2) is 6.51. The molecule has 1 heterocycles. The van der Waals surface area contributed by atoms with Gasteiger partial charge in [0.1, 0.15) is 0 Å². The highest BCUT2D eigenvalue weighted by atomic mass is 14.6. The van der Waals surface area contributed by atoms with Crippen LogP contribution in [0.15, 0.2) is 37.2 Å². The molecule has 1 heteroatoms. The summed E-state index contributed by atoms with van der Waals surface area (Å²) >= 11 is 0. The highest BCUT2D eigenvalue weighted by molar-refractivity contribution is 5.70. The second-order valence-corrected chi connectivity index (χ2v) is 5.25. The van der Waals surface area contributed by atoms with Gasteiger partial charge in [-0.3, -0.25) is 4.98 Å². The van der Waals surface area contributed by atoms with Crippen molar-refractivity contribution in [2.75, 3.05) is 0 Å². The summed E-state index contributed by atoms with van der Waals surface area (Å²) in [6.45, 7) is 10.5. The topological polar surface area (TPSA) is 12.9 Å². The van der Waals surface area contributed by atoms with Crippen LogP contribution in [0.3, 0.4) is 0 Å². The van der Waals surface area contributed by atoms with Gasteiger partial charge in [0.2, 0.25) is 0 Å². The maximum absolute atomic E-state index is 4.35. The summed E-state index contributed by atoms with van der Waals surface area (Å²) in [5.41, 5.74) is 7.73. The Morgan fingerprint density at radius 2 is 1.90 bits per heavy atom. The molecule has 1 aromatic heterocycles. The van der Waals surface area contributed by atoms with E-state index in [9.17, 15) is 0 Å². The zero-order valence-electron chi connectivity index (χ0n) is 12.7. The van der Waals surface area contributed by atoms with E-state index in [1.165, 1.54) is 33.4 Å². The third-order valence-corrected chi connectivity index (χ3v) is 3.76. The van der Waals surface area contributed by atoms with E-state index in [1.54, 1.807) is 0 Å². The molecule has 0 N–H and O–H groups in total. The molecule has 0 atom stereocenters. The first kappa shape index (κ1) is 14.5. The van der Waals surface area contributed by atoms with Gasteiger partial charge in [0.25, 0.3) is 0 Å². The van der Waals surface area contributed by atoms with E-state index in [0.717, 1.165) is 19.3 Å². The Morgan fingerprint density at radius 3 is 2.55 bits per heavy atom. The lowest BCUT2D eigenvalue weighted by molar-refractivity contribution is 0.910. The molecule has 0 bridgehead atoms. The van der Waals surface area contributed by atoms with Gasteiger partial charge in [0, 0.05) is 18.0 Å². The van der Waals surface area contributed by atoms with Crippen molar-refractivity contribution in [3.8, 4) is 11.1 Å². The van der Waals surface area contributed by atoms with Crippen LogP contribution in [0.4, 0.5) is 0 Å². The molecule has 0 aliphatic heterocycles. The summed E-state index contributed by atoms with van der Waals surface area (Å²) < 4.78 is 0. The highest BCUT2D eigenvalue weighted by Crippen LogP contribution is 2.27. The molecule has 2 rings (SSSR count). The Morgan fingerprint density at radius 1 is 1.10 bits per heavy atom. The fourth-order valence-corrected chi connectivity index (χ4v) is 2.62. The summed E-state index contributed by atoms with van der Waals surface area (Å²) in [7, 11) is 0. The van der Waals surface area contributed by atoms with Crippen molar-refractivity contribution in [3.05, 3.63) is 59.4 Å². The van der Waals surface area contributed by atoms with Crippen LogP contribution in [0.5, 0.6) is 0 Å². The van der Waals surface area contributed by atoms with Crippen molar-refractivity contribution < 1.29 is 0 Å². The Labute approximate surface area is 122 Å². The molecule has 0 saturated carbocycles. The van der Waals surface area contributed by atoms with E-state index >= 15 is 0 Å². The largest absolute Gasteiger partial charge is 0.264 e. The van der Waals surface area contributed by atoms with Crippen LogP contribution in [0, 0.1) is 6.92 Å². The third-order valence-electron chi connectivity index (χ3n) is 3.76. The molecule has 2 aromatic rings. The lowest BCUT2D eigenvalue weighted by Crippen LogP contribution is -1.95. The Kier molecular flexibility index (Phi) is 4.73. The van der Waals surface area contributed by atoms with Crippen molar-refractivity contribution in [1.29, 1.82) is 0 Å². The van der Waals surface area contributed by atoms with Crippen molar-refractivity contribution in [2.45, 2.75) is 40.0 Å². The molecule has 20 heavy (non-hydrogen) atoms. The average molecular weight is 265 g/mol.